The zero-order valence-electron chi connectivity index (χ0n) is 11.1. The number of anilines is 1. The molecule has 19 heavy (non-hydrogen) atoms. The highest BCUT2D eigenvalue weighted by Gasteiger charge is 2.12. The van der Waals surface area contributed by atoms with Crippen LogP contribution in [0.25, 0.3) is 0 Å². The molecule has 0 aliphatic heterocycles. The number of hydrogen-bond acceptors (Lipinski definition) is 4. The van der Waals surface area contributed by atoms with Gasteiger partial charge in [0.25, 0.3) is 0 Å². The minimum atomic E-state index is -0.440. The van der Waals surface area contributed by atoms with E-state index in [1.165, 1.54) is 17.8 Å². The Morgan fingerprint density at radius 2 is 2.16 bits per heavy atom. The van der Waals surface area contributed by atoms with Gasteiger partial charge in [0.15, 0.2) is 11.6 Å². The molecular weight excluding hydrogens is 265 g/mol. The number of ether oxygens (including phenoxy) is 1. The molecule has 102 valence electrons. The molecule has 0 radical (unpaired) electrons. The lowest BCUT2D eigenvalue weighted by Crippen LogP contribution is -1.98. The fraction of sp³-hybridized carbons (Fsp3) is 0.308. The van der Waals surface area contributed by atoms with Crippen LogP contribution in [0.4, 0.5) is 10.1 Å². The SMILES string of the molecule is CCOc1cc(Sc2cc(C)nn2C)c(N)cc1F. The molecule has 0 saturated heterocycles. The number of aryl methyl sites for hydroxylation is 2. The van der Waals surface area contributed by atoms with E-state index in [2.05, 4.69) is 5.10 Å². The Labute approximate surface area is 115 Å². The molecule has 0 atom stereocenters. The number of hydrogen-bond donors (Lipinski definition) is 1. The first-order valence-corrected chi connectivity index (χ1v) is 6.73. The highest BCUT2D eigenvalue weighted by molar-refractivity contribution is 7.99. The number of benzene rings is 1. The van der Waals surface area contributed by atoms with Gasteiger partial charge in [0.1, 0.15) is 0 Å². The van der Waals surface area contributed by atoms with E-state index in [9.17, 15) is 4.39 Å². The van der Waals surface area contributed by atoms with Gasteiger partial charge in [-0.2, -0.15) is 5.10 Å². The molecule has 1 aromatic heterocycles. The highest BCUT2D eigenvalue weighted by Crippen LogP contribution is 2.36. The number of aromatic nitrogens is 2. The van der Waals surface area contributed by atoms with Crippen LogP contribution in [-0.2, 0) is 7.05 Å². The standard InChI is InChI=1S/C13H16FN3OS/c1-4-18-11-7-12(10(15)6-9(11)14)19-13-5-8(2)16-17(13)3/h5-7H,4,15H2,1-3H3. The summed E-state index contributed by atoms with van der Waals surface area (Å²) in [6, 6.07) is 4.87. The molecule has 0 unspecified atom stereocenters. The molecule has 0 bridgehead atoms. The maximum Gasteiger partial charge on any atom is 0.167 e. The van der Waals surface area contributed by atoms with Gasteiger partial charge in [-0.3, -0.25) is 4.68 Å². The lowest BCUT2D eigenvalue weighted by Gasteiger charge is -2.10. The van der Waals surface area contributed by atoms with Crippen molar-refractivity contribution in [2.45, 2.75) is 23.8 Å². The first kappa shape index (κ1) is 13.7. The third-order valence-electron chi connectivity index (χ3n) is 2.54. The van der Waals surface area contributed by atoms with Crippen molar-refractivity contribution in [2.24, 2.45) is 7.05 Å². The van der Waals surface area contributed by atoms with Crippen LogP contribution in [0.2, 0.25) is 0 Å². The van der Waals surface area contributed by atoms with Gasteiger partial charge in [0.05, 0.1) is 17.3 Å². The van der Waals surface area contributed by atoms with Crippen LogP contribution in [-0.4, -0.2) is 16.4 Å². The van der Waals surface area contributed by atoms with Crippen LogP contribution >= 0.6 is 11.8 Å². The molecule has 0 fully saturated rings. The molecule has 0 spiro atoms. The van der Waals surface area contributed by atoms with Crippen molar-refractivity contribution in [3.05, 3.63) is 29.7 Å². The lowest BCUT2D eigenvalue weighted by molar-refractivity contribution is 0.321. The van der Waals surface area contributed by atoms with Crippen molar-refractivity contribution in [2.75, 3.05) is 12.3 Å². The average Bonchev–Trinajstić information content (AvgIpc) is 2.64. The third-order valence-corrected chi connectivity index (χ3v) is 3.70. The molecule has 0 aliphatic rings. The Balaban J connectivity index is 2.34. The third kappa shape index (κ3) is 3.01. The molecule has 0 aliphatic carbocycles. The molecule has 1 heterocycles. The Morgan fingerprint density at radius 1 is 1.42 bits per heavy atom. The molecule has 4 nitrogen and oxygen atoms in total. The van der Waals surface area contributed by atoms with E-state index in [-0.39, 0.29) is 5.75 Å². The monoisotopic (exact) mass is 281 g/mol. The van der Waals surface area contributed by atoms with Crippen molar-refractivity contribution >= 4 is 17.4 Å². The van der Waals surface area contributed by atoms with E-state index in [0.717, 1.165) is 15.6 Å². The number of nitrogen functional groups attached to an aromatic ring is 1. The van der Waals surface area contributed by atoms with Gasteiger partial charge in [0.2, 0.25) is 0 Å². The Kier molecular flexibility index (Phi) is 3.99. The first-order chi connectivity index (χ1) is 9.01. The van der Waals surface area contributed by atoms with Gasteiger partial charge in [0, 0.05) is 23.7 Å². The van der Waals surface area contributed by atoms with Crippen LogP contribution in [0.5, 0.6) is 5.75 Å². The molecule has 2 aromatic rings. The molecule has 1 aromatic carbocycles. The number of nitrogens with zero attached hydrogens (tertiary/aromatic N) is 2. The number of rotatable bonds is 4. The van der Waals surface area contributed by atoms with Crippen molar-refractivity contribution < 1.29 is 9.13 Å². The van der Waals surface area contributed by atoms with Crippen LogP contribution in [0.1, 0.15) is 12.6 Å². The fourth-order valence-electron chi connectivity index (χ4n) is 1.70. The second kappa shape index (κ2) is 5.52. The molecule has 6 heteroatoms. The zero-order chi connectivity index (χ0) is 14.0. The van der Waals surface area contributed by atoms with Gasteiger partial charge >= 0.3 is 0 Å². The van der Waals surface area contributed by atoms with E-state index < -0.39 is 5.82 Å². The fourth-order valence-corrected chi connectivity index (χ4v) is 2.67. The van der Waals surface area contributed by atoms with Crippen LogP contribution in [0.3, 0.4) is 0 Å². The summed E-state index contributed by atoms with van der Waals surface area (Å²) in [5.41, 5.74) is 7.17. The average molecular weight is 281 g/mol. The van der Waals surface area contributed by atoms with Gasteiger partial charge in [-0.1, -0.05) is 11.8 Å². The maximum absolute atomic E-state index is 13.6. The summed E-state index contributed by atoms with van der Waals surface area (Å²) in [6.07, 6.45) is 0. The lowest BCUT2D eigenvalue weighted by atomic mass is 10.3. The van der Waals surface area contributed by atoms with E-state index in [0.29, 0.717) is 12.3 Å². The van der Waals surface area contributed by atoms with Crippen LogP contribution in [0.15, 0.2) is 28.1 Å². The van der Waals surface area contributed by atoms with Crippen LogP contribution in [0, 0.1) is 12.7 Å². The summed E-state index contributed by atoms with van der Waals surface area (Å²) < 4.78 is 20.6. The normalized spacial score (nSPS) is 10.7. The molecular formula is C13H16FN3OS. The Morgan fingerprint density at radius 3 is 2.74 bits per heavy atom. The quantitative estimate of drug-likeness (QED) is 0.875. The Bertz CT molecular complexity index is 598. The Hall–Kier alpha value is -1.69. The predicted octanol–water partition coefficient (Wildman–Crippen LogP) is 3.00. The summed E-state index contributed by atoms with van der Waals surface area (Å²) in [4.78, 5) is 0.757. The minimum Gasteiger partial charge on any atom is -0.491 e. The van der Waals surface area contributed by atoms with Crippen molar-refractivity contribution in [3.8, 4) is 5.75 Å². The summed E-state index contributed by atoms with van der Waals surface area (Å²) >= 11 is 1.44. The highest BCUT2D eigenvalue weighted by atomic mass is 32.2. The predicted molar refractivity (Wildman–Crippen MR) is 74.0 cm³/mol. The number of halogens is 1. The maximum atomic E-state index is 13.6. The topological polar surface area (TPSA) is 53.1 Å². The van der Waals surface area contributed by atoms with E-state index in [1.807, 2.05) is 27.0 Å². The summed E-state index contributed by atoms with van der Waals surface area (Å²) in [6.45, 7) is 4.15. The van der Waals surface area contributed by atoms with Crippen LogP contribution < -0.4 is 10.5 Å². The van der Waals surface area contributed by atoms with E-state index >= 15 is 0 Å². The minimum absolute atomic E-state index is 0.220. The smallest absolute Gasteiger partial charge is 0.167 e. The largest absolute Gasteiger partial charge is 0.491 e. The van der Waals surface area contributed by atoms with Crippen molar-refractivity contribution in [3.63, 3.8) is 0 Å². The van der Waals surface area contributed by atoms with Crippen molar-refractivity contribution in [1.29, 1.82) is 0 Å². The van der Waals surface area contributed by atoms with Gasteiger partial charge < -0.3 is 10.5 Å². The second-order valence-electron chi connectivity index (χ2n) is 4.10. The van der Waals surface area contributed by atoms with E-state index in [1.54, 1.807) is 10.7 Å². The van der Waals surface area contributed by atoms with Gasteiger partial charge in [-0.15, -0.1) is 0 Å². The molecule has 0 saturated carbocycles. The first-order valence-electron chi connectivity index (χ1n) is 5.91. The molecule has 2 N–H and O–H groups in total. The van der Waals surface area contributed by atoms with Crippen molar-refractivity contribution in [1.82, 2.24) is 9.78 Å². The summed E-state index contributed by atoms with van der Waals surface area (Å²) in [5.74, 6) is -0.219. The summed E-state index contributed by atoms with van der Waals surface area (Å²) in [7, 11) is 1.86. The van der Waals surface area contributed by atoms with E-state index in [4.69, 9.17) is 10.5 Å². The number of nitrogens with two attached hydrogens (primary N) is 1. The molecule has 0 amide bonds. The van der Waals surface area contributed by atoms with Gasteiger partial charge in [-0.25, -0.2) is 4.39 Å². The zero-order valence-corrected chi connectivity index (χ0v) is 11.9. The molecule has 2 rings (SSSR count). The second-order valence-corrected chi connectivity index (χ2v) is 5.17. The summed E-state index contributed by atoms with van der Waals surface area (Å²) in [5, 5.41) is 5.21. The van der Waals surface area contributed by atoms with Gasteiger partial charge in [-0.05, 0) is 26.0 Å².